The number of nitrogens with two attached hydrogens (primary N) is 1. The summed E-state index contributed by atoms with van der Waals surface area (Å²) < 4.78 is 46.6. The fourth-order valence-corrected chi connectivity index (χ4v) is 4.00. The molecule has 0 aromatic heterocycles. The van der Waals surface area contributed by atoms with Gasteiger partial charge in [-0.1, -0.05) is 44.2 Å². The van der Waals surface area contributed by atoms with Gasteiger partial charge in [0, 0.05) is 20.2 Å². The van der Waals surface area contributed by atoms with Crippen LogP contribution in [0.3, 0.4) is 0 Å². The van der Waals surface area contributed by atoms with E-state index in [4.69, 9.17) is 22.1 Å². The fourth-order valence-electron chi connectivity index (χ4n) is 1.95. The van der Waals surface area contributed by atoms with Crippen molar-refractivity contribution in [2.24, 2.45) is 0 Å². The molecule has 0 fully saturated rings. The Hall–Kier alpha value is -0.673. The van der Waals surface area contributed by atoms with Gasteiger partial charge >= 0.3 is 0 Å². The first kappa shape index (κ1) is 21.4. The van der Waals surface area contributed by atoms with Gasteiger partial charge in [0.05, 0.1) is 16.5 Å². The summed E-state index contributed by atoms with van der Waals surface area (Å²) in [6.07, 6.45) is -0.681. The summed E-state index contributed by atoms with van der Waals surface area (Å²) in [5, 5.41) is 0.0773. The van der Waals surface area contributed by atoms with Gasteiger partial charge in [0.2, 0.25) is 10.0 Å². The van der Waals surface area contributed by atoms with Crippen LogP contribution < -0.4 is 10.5 Å². The maximum Gasteiger partial charge on any atom is 0.214 e. The van der Waals surface area contributed by atoms with E-state index in [1.165, 1.54) is 12.1 Å². The first-order chi connectivity index (χ1) is 11.0. The van der Waals surface area contributed by atoms with Gasteiger partial charge in [-0.15, -0.1) is 0 Å². The summed E-state index contributed by atoms with van der Waals surface area (Å²) in [5.74, 6) is -0.828. The number of anilines is 1. The number of benzene rings is 1. The second-order valence-corrected chi connectivity index (χ2v) is 14.8. The average Bonchev–Trinajstić information content (AvgIpc) is 2.42. The Labute approximate surface area is 149 Å². The van der Waals surface area contributed by atoms with Crippen LogP contribution in [0.25, 0.3) is 0 Å². The minimum Gasteiger partial charge on any atom is -0.395 e. The highest BCUT2D eigenvalue weighted by Crippen LogP contribution is 2.29. The van der Waals surface area contributed by atoms with Crippen LogP contribution in [0.15, 0.2) is 12.1 Å². The Morgan fingerprint density at radius 3 is 2.54 bits per heavy atom. The molecule has 0 saturated carbocycles. The minimum absolute atomic E-state index is 0.0344. The normalized spacial score (nSPS) is 13.9. The SMILES string of the molecule is CCCS(=O)(=O)NC(OCC[Si](C)(C)C)c1ccc(Cl)c(N)c1F. The lowest BCUT2D eigenvalue weighted by Gasteiger charge is -2.23. The van der Waals surface area contributed by atoms with Crippen LogP contribution in [-0.2, 0) is 14.8 Å². The van der Waals surface area contributed by atoms with E-state index in [1.54, 1.807) is 6.92 Å². The zero-order chi connectivity index (χ0) is 18.5. The zero-order valence-electron chi connectivity index (χ0n) is 14.5. The van der Waals surface area contributed by atoms with Gasteiger partial charge in [-0.25, -0.2) is 12.8 Å². The van der Waals surface area contributed by atoms with Crippen LogP contribution in [-0.4, -0.2) is 28.9 Å². The third-order valence-corrected chi connectivity index (χ3v) is 6.89. The summed E-state index contributed by atoms with van der Waals surface area (Å²) in [5.41, 5.74) is 5.42. The van der Waals surface area contributed by atoms with E-state index in [-0.39, 0.29) is 22.0 Å². The van der Waals surface area contributed by atoms with Crippen LogP contribution in [0.4, 0.5) is 10.1 Å². The molecule has 138 valence electrons. The molecule has 0 heterocycles. The molecule has 0 spiro atoms. The topological polar surface area (TPSA) is 81.4 Å². The third kappa shape index (κ3) is 6.68. The first-order valence-electron chi connectivity index (χ1n) is 7.82. The molecule has 0 bridgehead atoms. The maximum atomic E-state index is 14.4. The number of nitrogens with one attached hydrogen (secondary N) is 1. The van der Waals surface area contributed by atoms with E-state index in [1.807, 2.05) is 0 Å². The molecule has 9 heteroatoms. The summed E-state index contributed by atoms with van der Waals surface area (Å²) in [7, 11) is -4.96. The van der Waals surface area contributed by atoms with Gasteiger partial charge < -0.3 is 10.5 Å². The monoisotopic (exact) mass is 396 g/mol. The third-order valence-electron chi connectivity index (χ3n) is 3.33. The Balaban J connectivity index is 3.07. The number of hydrogen-bond acceptors (Lipinski definition) is 4. The Kier molecular flexibility index (Phi) is 7.67. The van der Waals surface area contributed by atoms with Crippen molar-refractivity contribution in [2.45, 2.75) is 45.3 Å². The zero-order valence-corrected chi connectivity index (χ0v) is 17.1. The van der Waals surface area contributed by atoms with Crippen molar-refractivity contribution in [2.75, 3.05) is 18.1 Å². The molecule has 0 saturated heterocycles. The van der Waals surface area contributed by atoms with Crippen molar-refractivity contribution < 1.29 is 17.5 Å². The summed E-state index contributed by atoms with van der Waals surface area (Å²) >= 11 is 5.80. The molecule has 1 unspecified atom stereocenters. The molecule has 0 aliphatic heterocycles. The number of nitrogen functional groups attached to an aromatic ring is 1. The number of ether oxygens (including phenoxy) is 1. The molecule has 0 amide bonds. The second kappa shape index (κ2) is 8.62. The quantitative estimate of drug-likeness (QED) is 0.378. The fraction of sp³-hybridized carbons (Fsp3) is 0.600. The van der Waals surface area contributed by atoms with Crippen molar-refractivity contribution in [3.63, 3.8) is 0 Å². The summed E-state index contributed by atoms with van der Waals surface area (Å²) in [6.45, 7) is 8.60. The number of rotatable bonds is 9. The molecule has 1 rings (SSSR count). The van der Waals surface area contributed by atoms with Crippen molar-refractivity contribution in [1.29, 1.82) is 0 Å². The Morgan fingerprint density at radius 1 is 1.38 bits per heavy atom. The highest BCUT2D eigenvalue weighted by Gasteiger charge is 2.25. The molecule has 24 heavy (non-hydrogen) atoms. The molecule has 5 nitrogen and oxygen atoms in total. The highest BCUT2D eigenvalue weighted by molar-refractivity contribution is 7.89. The van der Waals surface area contributed by atoms with Crippen LogP contribution in [0.1, 0.15) is 25.1 Å². The molecule has 1 aromatic rings. The lowest BCUT2D eigenvalue weighted by Crippen LogP contribution is -2.34. The van der Waals surface area contributed by atoms with Crippen LogP contribution in [0, 0.1) is 5.82 Å². The predicted octanol–water partition coefficient (Wildman–Crippen LogP) is 3.74. The first-order valence-corrected chi connectivity index (χ1v) is 13.6. The van der Waals surface area contributed by atoms with Gasteiger partial charge in [0.1, 0.15) is 6.23 Å². The van der Waals surface area contributed by atoms with Gasteiger partial charge in [0.25, 0.3) is 0 Å². The van der Waals surface area contributed by atoms with Gasteiger partial charge in [-0.3, -0.25) is 0 Å². The van der Waals surface area contributed by atoms with Crippen molar-refractivity contribution in [3.05, 3.63) is 28.5 Å². The number of hydrogen-bond donors (Lipinski definition) is 2. The van der Waals surface area contributed by atoms with Gasteiger partial charge in [0.15, 0.2) is 5.82 Å². The van der Waals surface area contributed by atoms with Crippen molar-refractivity contribution in [1.82, 2.24) is 4.72 Å². The number of sulfonamides is 1. The largest absolute Gasteiger partial charge is 0.395 e. The Bertz CT molecular complexity index is 665. The van der Waals surface area contributed by atoms with E-state index >= 15 is 0 Å². The van der Waals surface area contributed by atoms with Crippen LogP contribution in [0.5, 0.6) is 0 Å². The second-order valence-electron chi connectivity index (χ2n) is 6.86. The van der Waals surface area contributed by atoms with Crippen molar-refractivity contribution in [3.8, 4) is 0 Å². The van der Waals surface area contributed by atoms with Gasteiger partial charge in [-0.2, -0.15) is 4.72 Å². The van der Waals surface area contributed by atoms with E-state index < -0.39 is 30.1 Å². The van der Waals surface area contributed by atoms with E-state index in [0.29, 0.717) is 13.0 Å². The lowest BCUT2D eigenvalue weighted by atomic mass is 10.1. The summed E-state index contributed by atoms with van der Waals surface area (Å²) in [6, 6.07) is 3.64. The number of halogens is 2. The highest BCUT2D eigenvalue weighted by atomic mass is 35.5. The molecule has 1 atom stereocenters. The lowest BCUT2D eigenvalue weighted by molar-refractivity contribution is 0.0516. The Morgan fingerprint density at radius 2 is 2.00 bits per heavy atom. The van der Waals surface area contributed by atoms with Gasteiger partial charge in [-0.05, 0) is 18.5 Å². The van der Waals surface area contributed by atoms with E-state index in [9.17, 15) is 12.8 Å². The molecule has 0 aliphatic carbocycles. The molecule has 0 radical (unpaired) electrons. The van der Waals surface area contributed by atoms with Crippen LogP contribution >= 0.6 is 11.6 Å². The molecular weight excluding hydrogens is 371 g/mol. The molecule has 3 N–H and O–H groups in total. The maximum absolute atomic E-state index is 14.4. The van der Waals surface area contributed by atoms with E-state index in [2.05, 4.69) is 24.4 Å². The van der Waals surface area contributed by atoms with Crippen molar-refractivity contribution >= 4 is 35.4 Å². The van der Waals surface area contributed by atoms with Crippen LogP contribution in [0.2, 0.25) is 30.7 Å². The summed E-state index contributed by atoms with van der Waals surface area (Å²) in [4.78, 5) is 0. The smallest absolute Gasteiger partial charge is 0.214 e. The molecule has 1 aromatic carbocycles. The standard InChI is InChI=1S/C15H26ClFN2O3SSi/c1-5-9-23(20,21)19-15(22-8-10-24(2,3)4)11-6-7-12(16)14(18)13(11)17/h6-7,15,19H,5,8-10,18H2,1-4H3. The average molecular weight is 397 g/mol. The minimum atomic E-state index is -3.59. The molecular formula is C15H26ClFN2O3SSi. The molecule has 0 aliphatic rings. The van der Waals surface area contributed by atoms with E-state index in [0.717, 1.165) is 6.04 Å². The predicted molar refractivity (Wildman–Crippen MR) is 99.9 cm³/mol.